The van der Waals surface area contributed by atoms with Gasteiger partial charge < -0.3 is 5.32 Å². The van der Waals surface area contributed by atoms with Gasteiger partial charge in [-0.15, -0.1) is 0 Å². The Morgan fingerprint density at radius 2 is 1.93 bits per heavy atom. The van der Waals surface area contributed by atoms with Gasteiger partial charge >= 0.3 is 0 Å². The van der Waals surface area contributed by atoms with Crippen molar-refractivity contribution in [1.29, 1.82) is 0 Å². The fourth-order valence-electron chi connectivity index (χ4n) is 1.12. The zero-order valence-electron chi connectivity index (χ0n) is 7.92. The van der Waals surface area contributed by atoms with E-state index < -0.39 is 17.7 Å². The van der Waals surface area contributed by atoms with E-state index in [0.29, 0.717) is 6.54 Å². The van der Waals surface area contributed by atoms with Crippen molar-refractivity contribution in [2.75, 3.05) is 6.54 Å². The average molecular weight is 199 g/mol. The fourth-order valence-corrected chi connectivity index (χ4v) is 1.12. The van der Waals surface area contributed by atoms with Crippen LogP contribution in [0.5, 0.6) is 0 Å². The quantitative estimate of drug-likeness (QED) is 0.491. The van der Waals surface area contributed by atoms with E-state index in [1.54, 1.807) is 0 Å². The molecule has 0 saturated carbocycles. The van der Waals surface area contributed by atoms with E-state index in [2.05, 4.69) is 16.2 Å². The Balaban J connectivity index is 2.39. The van der Waals surface area contributed by atoms with Crippen molar-refractivity contribution >= 4 is 17.7 Å². The summed E-state index contributed by atoms with van der Waals surface area (Å²) in [5, 5.41) is 2.60. The fraction of sp³-hybridized carbons (Fsp3) is 0.625. The molecule has 6 nitrogen and oxygen atoms in total. The summed E-state index contributed by atoms with van der Waals surface area (Å²) in [7, 11) is 0. The Labute approximate surface area is 81.4 Å². The third kappa shape index (κ3) is 2.45. The van der Waals surface area contributed by atoms with Crippen molar-refractivity contribution in [3.63, 3.8) is 0 Å². The highest BCUT2D eigenvalue weighted by atomic mass is 16.2. The van der Waals surface area contributed by atoms with Gasteiger partial charge in [-0.05, 0) is 6.42 Å². The van der Waals surface area contributed by atoms with Gasteiger partial charge in [0, 0.05) is 13.0 Å². The first kappa shape index (κ1) is 10.5. The first-order valence-corrected chi connectivity index (χ1v) is 4.51. The Bertz CT molecular complexity index is 249. The lowest BCUT2D eigenvalue weighted by atomic mass is 10.1. The predicted molar refractivity (Wildman–Crippen MR) is 47.7 cm³/mol. The van der Waals surface area contributed by atoms with E-state index >= 15 is 0 Å². The number of nitrogens with one attached hydrogen (secondary N) is 3. The van der Waals surface area contributed by atoms with Crippen LogP contribution in [0.15, 0.2) is 0 Å². The molecule has 1 fully saturated rings. The number of carbonyl (C=O) groups excluding carboxylic acids is 3. The zero-order valence-corrected chi connectivity index (χ0v) is 7.92. The molecular formula is C8H13N3O3. The largest absolute Gasteiger partial charge is 0.356 e. The van der Waals surface area contributed by atoms with Gasteiger partial charge in [-0.25, -0.2) is 0 Å². The molecule has 0 atom stereocenters. The van der Waals surface area contributed by atoms with Crippen molar-refractivity contribution < 1.29 is 14.4 Å². The van der Waals surface area contributed by atoms with E-state index in [1.165, 1.54) is 0 Å². The average Bonchev–Trinajstić information content (AvgIpc) is 2.46. The van der Waals surface area contributed by atoms with Crippen LogP contribution in [0.2, 0.25) is 0 Å². The first-order valence-electron chi connectivity index (χ1n) is 4.51. The Morgan fingerprint density at radius 3 is 2.43 bits per heavy atom. The van der Waals surface area contributed by atoms with Gasteiger partial charge in [-0.1, -0.05) is 6.92 Å². The summed E-state index contributed by atoms with van der Waals surface area (Å²) in [6, 6.07) is 0. The SMILES string of the molecule is CCCNC(=O)CC1C(=O)NNC1=O. The number of hydrogen-bond donors (Lipinski definition) is 3. The van der Waals surface area contributed by atoms with Gasteiger partial charge in [0.2, 0.25) is 5.91 Å². The van der Waals surface area contributed by atoms with Crippen LogP contribution >= 0.6 is 0 Å². The summed E-state index contributed by atoms with van der Waals surface area (Å²) in [6.07, 6.45) is 0.743. The molecule has 1 aliphatic heterocycles. The second-order valence-corrected chi connectivity index (χ2v) is 3.09. The maximum atomic E-state index is 11.2. The number of hydrogen-bond acceptors (Lipinski definition) is 3. The van der Waals surface area contributed by atoms with Crippen molar-refractivity contribution in [2.24, 2.45) is 5.92 Å². The normalized spacial score (nSPS) is 16.4. The highest BCUT2D eigenvalue weighted by Gasteiger charge is 2.34. The molecule has 14 heavy (non-hydrogen) atoms. The van der Waals surface area contributed by atoms with Gasteiger partial charge in [0.15, 0.2) is 0 Å². The summed E-state index contributed by atoms with van der Waals surface area (Å²) in [5.41, 5.74) is 4.32. The lowest BCUT2D eigenvalue weighted by Gasteiger charge is -2.04. The molecule has 0 aliphatic carbocycles. The van der Waals surface area contributed by atoms with Crippen LogP contribution in [-0.2, 0) is 14.4 Å². The molecule has 3 amide bonds. The minimum Gasteiger partial charge on any atom is -0.356 e. The van der Waals surface area contributed by atoms with Crippen LogP contribution in [0.3, 0.4) is 0 Å². The summed E-state index contributed by atoms with van der Waals surface area (Å²) < 4.78 is 0. The first-order chi connectivity index (χ1) is 6.65. The van der Waals surface area contributed by atoms with E-state index in [0.717, 1.165) is 6.42 Å². The van der Waals surface area contributed by atoms with Gasteiger partial charge in [0.05, 0.1) is 0 Å². The molecule has 1 aliphatic rings. The summed E-state index contributed by atoms with van der Waals surface area (Å²) >= 11 is 0. The molecule has 6 heteroatoms. The zero-order chi connectivity index (χ0) is 10.6. The van der Waals surface area contributed by atoms with Crippen LogP contribution in [0, 0.1) is 5.92 Å². The summed E-state index contributed by atoms with van der Waals surface area (Å²) in [5.74, 6) is -2.04. The van der Waals surface area contributed by atoms with E-state index in [1.807, 2.05) is 6.92 Å². The van der Waals surface area contributed by atoms with Crippen molar-refractivity contribution in [1.82, 2.24) is 16.2 Å². The molecular weight excluding hydrogens is 186 g/mol. The maximum Gasteiger partial charge on any atom is 0.251 e. The molecule has 0 unspecified atom stereocenters. The number of carbonyl (C=O) groups is 3. The van der Waals surface area contributed by atoms with Crippen LogP contribution < -0.4 is 16.2 Å². The second kappa shape index (κ2) is 4.59. The number of amides is 3. The van der Waals surface area contributed by atoms with Crippen LogP contribution in [0.25, 0.3) is 0 Å². The summed E-state index contributed by atoms with van der Waals surface area (Å²) in [4.78, 5) is 33.2. The third-order valence-corrected chi connectivity index (χ3v) is 1.90. The van der Waals surface area contributed by atoms with E-state index in [4.69, 9.17) is 0 Å². The molecule has 3 N–H and O–H groups in total. The monoisotopic (exact) mass is 199 g/mol. The predicted octanol–water partition coefficient (Wildman–Crippen LogP) is -1.32. The molecule has 1 rings (SSSR count). The highest BCUT2D eigenvalue weighted by Crippen LogP contribution is 2.07. The molecule has 78 valence electrons. The molecule has 1 saturated heterocycles. The highest BCUT2D eigenvalue weighted by molar-refractivity contribution is 6.07. The topological polar surface area (TPSA) is 87.3 Å². The van der Waals surface area contributed by atoms with Crippen LogP contribution in [-0.4, -0.2) is 24.3 Å². The number of rotatable bonds is 4. The molecule has 0 aromatic heterocycles. The number of hydrazine groups is 1. The Kier molecular flexibility index (Phi) is 3.44. The van der Waals surface area contributed by atoms with Crippen LogP contribution in [0.1, 0.15) is 19.8 Å². The van der Waals surface area contributed by atoms with Crippen molar-refractivity contribution in [3.8, 4) is 0 Å². The second-order valence-electron chi connectivity index (χ2n) is 3.09. The van der Waals surface area contributed by atoms with Gasteiger partial charge in [-0.3, -0.25) is 25.2 Å². The van der Waals surface area contributed by atoms with Crippen molar-refractivity contribution in [3.05, 3.63) is 0 Å². The lowest BCUT2D eigenvalue weighted by Crippen LogP contribution is -2.30. The smallest absolute Gasteiger partial charge is 0.251 e. The minimum absolute atomic E-state index is 0.0856. The van der Waals surface area contributed by atoms with E-state index in [9.17, 15) is 14.4 Å². The van der Waals surface area contributed by atoms with Gasteiger partial charge in [0.1, 0.15) is 5.92 Å². The van der Waals surface area contributed by atoms with Crippen molar-refractivity contribution in [2.45, 2.75) is 19.8 Å². The Hall–Kier alpha value is -1.59. The summed E-state index contributed by atoms with van der Waals surface area (Å²) in [6.45, 7) is 2.49. The molecule has 0 spiro atoms. The molecule has 0 aromatic rings. The third-order valence-electron chi connectivity index (χ3n) is 1.90. The standard InChI is InChI=1S/C8H13N3O3/c1-2-3-9-6(12)4-5-7(13)10-11-8(5)14/h5H,2-4H2,1H3,(H,9,12)(H,10,13)(H,11,14). The molecule has 0 radical (unpaired) electrons. The molecule has 0 bridgehead atoms. The molecule has 1 heterocycles. The molecule has 0 aromatic carbocycles. The maximum absolute atomic E-state index is 11.2. The van der Waals surface area contributed by atoms with Gasteiger partial charge in [-0.2, -0.15) is 0 Å². The van der Waals surface area contributed by atoms with Gasteiger partial charge in [0.25, 0.3) is 11.8 Å². The van der Waals surface area contributed by atoms with E-state index in [-0.39, 0.29) is 12.3 Å². The lowest BCUT2D eigenvalue weighted by molar-refractivity contribution is -0.133. The van der Waals surface area contributed by atoms with Crippen LogP contribution in [0.4, 0.5) is 0 Å². The Morgan fingerprint density at radius 1 is 1.36 bits per heavy atom. The minimum atomic E-state index is -0.883.